The Kier molecular flexibility index (Phi) is 6.15. The summed E-state index contributed by atoms with van der Waals surface area (Å²) in [6.45, 7) is -1.57. The molecule has 2 aliphatic rings. The number of carbonyl (C=O) groups excluding carboxylic acids is 1. The third-order valence-corrected chi connectivity index (χ3v) is 7.86. The number of H-pyrrole nitrogens is 1. The lowest BCUT2D eigenvalue weighted by Crippen LogP contribution is -2.62. The van der Waals surface area contributed by atoms with Crippen molar-refractivity contribution in [2.75, 3.05) is 13.2 Å². The first-order chi connectivity index (χ1) is 18.3. The van der Waals surface area contributed by atoms with Gasteiger partial charge >= 0.3 is 5.97 Å². The smallest absolute Gasteiger partial charge is 0.343 e. The van der Waals surface area contributed by atoms with E-state index in [2.05, 4.69) is 4.98 Å². The number of aliphatic hydroxyl groups is 5. The predicted octanol–water partition coefficient (Wildman–Crippen LogP) is 1.61. The largest absolute Gasteiger partial charge is 0.422 e. The normalized spacial score (nSPS) is 29.2. The standard InChI is InChI=1S/C28H29NO9/c30-10-8-18-7-9-27(34)25(36-18)24(38-28(27,35)14-32)26(33)37-23-21(13-31)29-20-6-5-17-11-15-3-1-2-4-16(15)12-19(17)22(20)23/h1-6,11-12,18,24-25,29-32,34-35H,7-10,13-14H2. The van der Waals surface area contributed by atoms with E-state index >= 15 is 0 Å². The van der Waals surface area contributed by atoms with Crippen LogP contribution < -0.4 is 4.74 Å². The van der Waals surface area contributed by atoms with Crippen LogP contribution in [0.4, 0.5) is 0 Å². The van der Waals surface area contributed by atoms with E-state index in [1.807, 2.05) is 48.5 Å². The number of fused-ring (bicyclic) bond motifs is 5. The lowest BCUT2D eigenvalue weighted by Gasteiger charge is -2.43. The summed E-state index contributed by atoms with van der Waals surface area (Å²) < 4.78 is 17.3. The summed E-state index contributed by atoms with van der Waals surface area (Å²) in [5.74, 6) is -3.31. The number of aromatic amines is 1. The highest BCUT2D eigenvalue weighted by Gasteiger charge is 2.69. The third-order valence-electron chi connectivity index (χ3n) is 7.86. The maximum absolute atomic E-state index is 13.6. The van der Waals surface area contributed by atoms with Crippen LogP contribution in [0.25, 0.3) is 32.4 Å². The van der Waals surface area contributed by atoms with Gasteiger partial charge in [-0.05, 0) is 59.0 Å². The molecule has 200 valence electrons. The Labute approximate surface area is 217 Å². The van der Waals surface area contributed by atoms with Gasteiger partial charge in [0, 0.05) is 6.61 Å². The Morgan fingerprint density at radius 2 is 1.82 bits per heavy atom. The van der Waals surface area contributed by atoms with Crippen molar-refractivity contribution in [3.8, 4) is 5.75 Å². The fourth-order valence-corrected chi connectivity index (χ4v) is 5.84. The molecule has 4 aromatic rings. The molecule has 0 radical (unpaired) electrons. The summed E-state index contributed by atoms with van der Waals surface area (Å²) in [6.07, 6.45) is -2.87. The predicted molar refractivity (Wildman–Crippen MR) is 136 cm³/mol. The Morgan fingerprint density at radius 3 is 2.53 bits per heavy atom. The van der Waals surface area contributed by atoms with Crippen LogP contribution in [0.5, 0.6) is 5.75 Å². The molecule has 2 saturated heterocycles. The van der Waals surface area contributed by atoms with Crippen LogP contribution in [-0.4, -0.2) is 79.4 Å². The van der Waals surface area contributed by atoms with Gasteiger partial charge in [0.2, 0.25) is 5.79 Å². The molecule has 0 aliphatic carbocycles. The third kappa shape index (κ3) is 3.72. The SMILES string of the molecule is O=C(Oc1c(CO)[nH]c2ccc3cc4ccccc4cc3c12)C1OC(O)(CO)C2(O)CCC(CCO)OC12. The van der Waals surface area contributed by atoms with E-state index in [4.69, 9.17) is 14.2 Å². The summed E-state index contributed by atoms with van der Waals surface area (Å²) in [5, 5.41) is 55.8. The number of hydrogen-bond donors (Lipinski definition) is 6. The highest BCUT2D eigenvalue weighted by Crippen LogP contribution is 2.48. The molecular weight excluding hydrogens is 494 g/mol. The monoisotopic (exact) mass is 523 g/mol. The molecule has 2 aliphatic heterocycles. The molecule has 0 spiro atoms. The number of aromatic nitrogens is 1. The van der Waals surface area contributed by atoms with Crippen LogP contribution in [-0.2, 0) is 20.9 Å². The maximum atomic E-state index is 13.6. The lowest BCUT2D eigenvalue weighted by atomic mass is 9.80. The van der Waals surface area contributed by atoms with E-state index in [-0.39, 0.29) is 37.3 Å². The van der Waals surface area contributed by atoms with Crippen molar-refractivity contribution < 1.29 is 44.5 Å². The van der Waals surface area contributed by atoms with Gasteiger partial charge in [0.15, 0.2) is 11.9 Å². The van der Waals surface area contributed by atoms with E-state index in [0.717, 1.165) is 21.5 Å². The van der Waals surface area contributed by atoms with Gasteiger partial charge < -0.3 is 44.7 Å². The average molecular weight is 524 g/mol. The molecule has 0 amide bonds. The van der Waals surface area contributed by atoms with Gasteiger partial charge in [0.1, 0.15) is 18.3 Å². The molecule has 6 N–H and O–H groups in total. The molecule has 5 atom stereocenters. The van der Waals surface area contributed by atoms with Gasteiger partial charge in [0.25, 0.3) is 0 Å². The topological polar surface area (TPSA) is 162 Å². The minimum Gasteiger partial charge on any atom is -0.422 e. The minimum atomic E-state index is -2.45. The van der Waals surface area contributed by atoms with Crippen molar-refractivity contribution in [3.05, 3.63) is 54.2 Å². The Hall–Kier alpha value is -3.09. The number of hydrogen-bond acceptors (Lipinski definition) is 9. The molecule has 2 fully saturated rings. The fourth-order valence-electron chi connectivity index (χ4n) is 5.84. The second kappa shape index (κ2) is 9.28. The van der Waals surface area contributed by atoms with Gasteiger partial charge in [-0.15, -0.1) is 0 Å². The van der Waals surface area contributed by atoms with Gasteiger partial charge in [-0.25, -0.2) is 4.79 Å². The zero-order valence-electron chi connectivity index (χ0n) is 20.5. The van der Waals surface area contributed by atoms with Gasteiger partial charge in [-0.3, -0.25) is 0 Å². The molecule has 38 heavy (non-hydrogen) atoms. The molecule has 5 unspecified atom stereocenters. The number of nitrogens with one attached hydrogen (secondary N) is 1. The Balaban J connectivity index is 1.42. The first-order valence-corrected chi connectivity index (χ1v) is 12.6. The molecule has 3 aromatic carbocycles. The number of carbonyl (C=O) groups is 1. The Bertz CT molecular complexity index is 1530. The number of aliphatic hydroxyl groups excluding tert-OH is 3. The maximum Gasteiger partial charge on any atom is 0.343 e. The van der Waals surface area contributed by atoms with Crippen LogP contribution in [0, 0.1) is 0 Å². The summed E-state index contributed by atoms with van der Waals surface area (Å²) >= 11 is 0. The van der Waals surface area contributed by atoms with E-state index in [9.17, 15) is 30.3 Å². The zero-order valence-corrected chi connectivity index (χ0v) is 20.5. The number of rotatable bonds is 6. The number of ether oxygens (including phenoxy) is 3. The van der Waals surface area contributed by atoms with Crippen LogP contribution in [0.1, 0.15) is 25.0 Å². The summed E-state index contributed by atoms with van der Waals surface area (Å²) in [4.78, 5) is 16.7. The van der Waals surface area contributed by atoms with Crippen LogP contribution in [0.3, 0.4) is 0 Å². The van der Waals surface area contributed by atoms with Gasteiger partial charge in [-0.1, -0.05) is 30.3 Å². The van der Waals surface area contributed by atoms with E-state index in [1.54, 1.807) is 0 Å². The quantitative estimate of drug-likeness (QED) is 0.163. The van der Waals surface area contributed by atoms with Crippen molar-refractivity contribution in [2.24, 2.45) is 0 Å². The highest BCUT2D eigenvalue weighted by molar-refractivity contribution is 6.14. The minimum absolute atomic E-state index is 0.0180. The van der Waals surface area contributed by atoms with Gasteiger partial charge in [0.05, 0.1) is 29.3 Å². The molecule has 0 saturated carbocycles. The van der Waals surface area contributed by atoms with E-state index < -0.39 is 48.9 Å². The highest BCUT2D eigenvalue weighted by atomic mass is 16.7. The second-order valence-corrected chi connectivity index (χ2v) is 10.1. The molecule has 0 bridgehead atoms. The molecule has 10 heteroatoms. The van der Waals surface area contributed by atoms with Crippen molar-refractivity contribution in [1.82, 2.24) is 4.98 Å². The van der Waals surface area contributed by atoms with Crippen LogP contribution >= 0.6 is 0 Å². The molecule has 6 rings (SSSR count). The van der Waals surface area contributed by atoms with E-state index in [1.165, 1.54) is 0 Å². The molecule has 3 heterocycles. The summed E-state index contributed by atoms with van der Waals surface area (Å²) in [5.41, 5.74) is -1.15. The van der Waals surface area contributed by atoms with Crippen LogP contribution in [0.15, 0.2) is 48.5 Å². The number of esters is 1. The fraction of sp³-hybridized carbons (Fsp3) is 0.393. The van der Waals surface area contributed by atoms with Crippen LogP contribution in [0.2, 0.25) is 0 Å². The first-order valence-electron chi connectivity index (χ1n) is 12.6. The average Bonchev–Trinajstić information content (AvgIpc) is 3.40. The molecule has 10 nitrogen and oxygen atoms in total. The van der Waals surface area contributed by atoms with Gasteiger partial charge in [-0.2, -0.15) is 0 Å². The molecular formula is C28H29NO9. The zero-order chi connectivity index (χ0) is 26.7. The van der Waals surface area contributed by atoms with Crippen molar-refractivity contribution in [3.63, 3.8) is 0 Å². The van der Waals surface area contributed by atoms with E-state index in [0.29, 0.717) is 10.9 Å². The summed E-state index contributed by atoms with van der Waals surface area (Å²) in [7, 11) is 0. The lowest BCUT2D eigenvalue weighted by molar-refractivity contribution is -0.294. The Morgan fingerprint density at radius 1 is 1.05 bits per heavy atom. The first kappa shape index (κ1) is 25.2. The van der Waals surface area contributed by atoms with Crippen molar-refractivity contribution >= 4 is 38.4 Å². The van der Waals surface area contributed by atoms with Crippen molar-refractivity contribution in [2.45, 2.75) is 55.6 Å². The second-order valence-electron chi connectivity index (χ2n) is 10.1. The number of benzene rings is 3. The molecule has 1 aromatic heterocycles. The summed E-state index contributed by atoms with van der Waals surface area (Å²) in [6, 6.07) is 15.7. The van der Waals surface area contributed by atoms with Crippen molar-refractivity contribution in [1.29, 1.82) is 0 Å².